The minimum Gasteiger partial charge on any atom is -0.368 e. The number of rotatable bonds is 2. The second-order valence-corrected chi connectivity index (χ2v) is 9.20. The monoisotopic (exact) mass is 349 g/mol. The van der Waals surface area contributed by atoms with Crippen molar-refractivity contribution in [1.82, 2.24) is 10.3 Å². The van der Waals surface area contributed by atoms with Crippen LogP contribution in [0.15, 0.2) is 36.7 Å². The van der Waals surface area contributed by atoms with Crippen LogP contribution in [0.5, 0.6) is 0 Å². The minimum absolute atomic E-state index is 0.241. The number of aromatic nitrogens is 1. The molecule has 1 N–H and O–H groups in total. The second-order valence-electron chi connectivity index (χ2n) is 9.20. The van der Waals surface area contributed by atoms with Gasteiger partial charge < -0.3 is 10.2 Å². The summed E-state index contributed by atoms with van der Waals surface area (Å²) in [4.78, 5) is 6.98. The third-order valence-electron chi connectivity index (χ3n) is 6.39. The molecule has 0 atom stereocenters. The third kappa shape index (κ3) is 3.14. The van der Waals surface area contributed by atoms with E-state index in [1.54, 1.807) is 0 Å². The normalized spacial score (nSPS) is 21.3. The van der Waals surface area contributed by atoms with Crippen molar-refractivity contribution < 1.29 is 0 Å². The average Bonchev–Trinajstić information content (AvgIpc) is 2.66. The van der Waals surface area contributed by atoms with Crippen molar-refractivity contribution >= 4 is 5.69 Å². The fourth-order valence-electron chi connectivity index (χ4n) is 4.45. The number of fused-ring (bicyclic) bond motifs is 1. The molecule has 0 spiro atoms. The summed E-state index contributed by atoms with van der Waals surface area (Å²) in [5, 5.41) is 3.42. The standard InChI is InChI=1S/C23H31N3/c1-22(2)7-8-23(3,4)21-14-17(5-6-20(21)22)18-13-19(16-25-15-18)26-11-9-24-10-12-26/h5-6,13-16,24H,7-12H2,1-4H3. The van der Waals surface area contributed by atoms with Crippen LogP contribution in [0.4, 0.5) is 5.69 Å². The molecule has 2 heterocycles. The Morgan fingerprint density at radius 3 is 2.27 bits per heavy atom. The minimum atomic E-state index is 0.241. The van der Waals surface area contributed by atoms with E-state index >= 15 is 0 Å². The molecular weight excluding hydrogens is 318 g/mol. The van der Waals surface area contributed by atoms with E-state index in [0.717, 1.165) is 26.2 Å². The van der Waals surface area contributed by atoms with Gasteiger partial charge in [-0.15, -0.1) is 0 Å². The van der Waals surface area contributed by atoms with Gasteiger partial charge in [-0.05, 0) is 46.4 Å². The van der Waals surface area contributed by atoms with Crippen LogP contribution in [-0.4, -0.2) is 31.2 Å². The number of nitrogens with zero attached hydrogens (tertiary/aromatic N) is 2. The van der Waals surface area contributed by atoms with E-state index in [0.29, 0.717) is 0 Å². The number of hydrogen-bond donors (Lipinski definition) is 1. The molecule has 1 saturated heterocycles. The molecule has 1 fully saturated rings. The van der Waals surface area contributed by atoms with Gasteiger partial charge in [0.2, 0.25) is 0 Å². The second kappa shape index (κ2) is 6.38. The molecule has 1 aromatic heterocycles. The summed E-state index contributed by atoms with van der Waals surface area (Å²) in [6.45, 7) is 13.7. The van der Waals surface area contributed by atoms with Gasteiger partial charge >= 0.3 is 0 Å². The van der Waals surface area contributed by atoms with Crippen molar-refractivity contribution in [3.8, 4) is 11.1 Å². The van der Waals surface area contributed by atoms with Gasteiger partial charge in [0.1, 0.15) is 0 Å². The van der Waals surface area contributed by atoms with Gasteiger partial charge in [-0.2, -0.15) is 0 Å². The Labute approximate surface area is 157 Å². The summed E-state index contributed by atoms with van der Waals surface area (Å²) in [6.07, 6.45) is 6.51. The molecule has 2 aromatic rings. The Bertz CT molecular complexity index is 801. The zero-order valence-electron chi connectivity index (χ0n) is 16.6. The lowest BCUT2D eigenvalue weighted by molar-refractivity contribution is 0.332. The summed E-state index contributed by atoms with van der Waals surface area (Å²) in [7, 11) is 0. The van der Waals surface area contributed by atoms with Crippen LogP contribution in [0.1, 0.15) is 51.7 Å². The Morgan fingerprint density at radius 2 is 1.54 bits per heavy atom. The first-order valence-corrected chi connectivity index (χ1v) is 9.93. The van der Waals surface area contributed by atoms with Gasteiger partial charge in [0.15, 0.2) is 0 Å². The van der Waals surface area contributed by atoms with Crippen LogP contribution in [0.2, 0.25) is 0 Å². The van der Waals surface area contributed by atoms with Crippen LogP contribution >= 0.6 is 0 Å². The Morgan fingerprint density at radius 1 is 0.846 bits per heavy atom. The van der Waals surface area contributed by atoms with Crippen molar-refractivity contribution in [1.29, 1.82) is 0 Å². The molecule has 1 aromatic carbocycles. The van der Waals surface area contributed by atoms with Gasteiger partial charge in [0.25, 0.3) is 0 Å². The Balaban J connectivity index is 1.73. The number of pyridine rings is 1. The van der Waals surface area contributed by atoms with E-state index in [2.05, 4.69) is 67.2 Å². The van der Waals surface area contributed by atoms with Crippen LogP contribution in [-0.2, 0) is 10.8 Å². The predicted octanol–water partition coefficient (Wildman–Crippen LogP) is 4.51. The van der Waals surface area contributed by atoms with Crippen molar-refractivity contribution in [2.24, 2.45) is 0 Å². The van der Waals surface area contributed by atoms with E-state index in [1.165, 1.54) is 40.8 Å². The van der Waals surface area contributed by atoms with E-state index in [4.69, 9.17) is 0 Å². The number of hydrogen-bond acceptors (Lipinski definition) is 3. The van der Waals surface area contributed by atoms with Gasteiger partial charge in [0, 0.05) is 37.9 Å². The van der Waals surface area contributed by atoms with E-state index in [9.17, 15) is 0 Å². The molecule has 26 heavy (non-hydrogen) atoms. The molecule has 0 amide bonds. The predicted molar refractivity (Wildman–Crippen MR) is 110 cm³/mol. The molecule has 2 aliphatic rings. The maximum absolute atomic E-state index is 4.55. The number of benzene rings is 1. The molecule has 4 rings (SSSR count). The molecule has 0 bridgehead atoms. The number of piperazine rings is 1. The number of nitrogens with one attached hydrogen (secondary N) is 1. The summed E-state index contributed by atoms with van der Waals surface area (Å²) in [6, 6.07) is 9.39. The van der Waals surface area contributed by atoms with Crippen LogP contribution in [0.3, 0.4) is 0 Å². The lowest BCUT2D eigenvalue weighted by Crippen LogP contribution is -2.43. The lowest BCUT2D eigenvalue weighted by Gasteiger charge is -2.42. The molecule has 0 radical (unpaired) electrons. The maximum Gasteiger partial charge on any atom is 0.0559 e. The van der Waals surface area contributed by atoms with Crippen molar-refractivity contribution in [3.63, 3.8) is 0 Å². The van der Waals surface area contributed by atoms with Gasteiger partial charge in [-0.1, -0.05) is 45.9 Å². The van der Waals surface area contributed by atoms with Crippen molar-refractivity contribution in [2.45, 2.75) is 51.4 Å². The smallest absolute Gasteiger partial charge is 0.0559 e. The molecule has 3 heteroatoms. The fraction of sp³-hybridized carbons (Fsp3) is 0.522. The maximum atomic E-state index is 4.55. The topological polar surface area (TPSA) is 28.2 Å². The van der Waals surface area contributed by atoms with Crippen molar-refractivity contribution in [3.05, 3.63) is 47.8 Å². The quantitative estimate of drug-likeness (QED) is 0.865. The highest BCUT2D eigenvalue weighted by atomic mass is 15.2. The lowest BCUT2D eigenvalue weighted by atomic mass is 9.63. The van der Waals surface area contributed by atoms with Gasteiger partial charge in [0.05, 0.1) is 11.9 Å². The molecular formula is C23H31N3. The van der Waals surface area contributed by atoms with E-state index < -0.39 is 0 Å². The van der Waals surface area contributed by atoms with Crippen LogP contribution in [0, 0.1) is 0 Å². The molecule has 0 unspecified atom stereocenters. The third-order valence-corrected chi connectivity index (χ3v) is 6.39. The first-order valence-electron chi connectivity index (χ1n) is 9.93. The highest BCUT2D eigenvalue weighted by Gasteiger charge is 2.36. The molecule has 3 nitrogen and oxygen atoms in total. The first kappa shape index (κ1) is 17.5. The summed E-state index contributed by atoms with van der Waals surface area (Å²) in [5.41, 5.74) is 7.29. The van der Waals surface area contributed by atoms with Crippen molar-refractivity contribution in [2.75, 3.05) is 31.1 Å². The summed E-state index contributed by atoms with van der Waals surface area (Å²) < 4.78 is 0. The van der Waals surface area contributed by atoms with Crippen LogP contribution in [0.25, 0.3) is 11.1 Å². The highest BCUT2D eigenvalue weighted by molar-refractivity contribution is 5.69. The fourth-order valence-corrected chi connectivity index (χ4v) is 4.45. The Kier molecular flexibility index (Phi) is 4.31. The summed E-state index contributed by atoms with van der Waals surface area (Å²) >= 11 is 0. The van der Waals surface area contributed by atoms with Crippen LogP contribution < -0.4 is 10.2 Å². The molecule has 0 saturated carbocycles. The SMILES string of the molecule is CC1(C)CCC(C)(C)c2cc(-c3cncc(N4CCNCC4)c3)ccc21. The van der Waals surface area contributed by atoms with E-state index in [-0.39, 0.29) is 10.8 Å². The Hall–Kier alpha value is -1.87. The van der Waals surface area contributed by atoms with Gasteiger partial charge in [-0.25, -0.2) is 0 Å². The van der Waals surface area contributed by atoms with E-state index in [1.807, 2.05) is 12.4 Å². The molecule has 138 valence electrons. The zero-order chi connectivity index (χ0) is 18.4. The largest absolute Gasteiger partial charge is 0.368 e. The molecule has 1 aliphatic carbocycles. The summed E-state index contributed by atoms with van der Waals surface area (Å²) in [5.74, 6) is 0. The van der Waals surface area contributed by atoms with Gasteiger partial charge in [-0.3, -0.25) is 4.98 Å². The molecule has 1 aliphatic heterocycles. The highest BCUT2D eigenvalue weighted by Crippen LogP contribution is 2.46. The zero-order valence-corrected chi connectivity index (χ0v) is 16.6. The number of anilines is 1. The first-order chi connectivity index (χ1) is 12.4. The average molecular weight is 350 g/mol.